The lowest BCUT2D eigenvalue weighted by Crippen LogP contribution is -2.39. The standard InChI is InChI=1S/C15H22N2O3S/c1-4-21-13-7-5-12(6-8-13)11(2)16-15(20)17(3)10-9-14(18)19/h5-8,11H,4,9-10H2,1-3H3,(H,16,20)(H,18,19). The molecule has 1 atom stereocenters. The van der Waals surface area contributed by atoms with Gasteiger partial charge in [-0.2, -0.15) is 0 Å². The highest BCUT2D eigenvalue weighted by Gasteiger charge is 2.14. The minimum Gasteiger partial charge on any atom is -0.481 e. The van der Waals surface area contributed by atoms with Crippen LogP contribution in [0.1, 0.15) is 31.9 Å². The van der Waals surface area contributed by atoms with E-state index in [-0.39, 0.29) is 25.0 Å². The number of carbonyl (C=O) groups is 2. The maximum absolute atomic E-state index is 11.9. The molecule has 1 unspecified atom stereocenters. The Bertz CT molecular complexity index is 476. The first kappa shape index (κ1) is 17.4. The van der Waals surface area contributed by atoms with Gasteiger partial charge in [0.2, 0.25) is 0 Å². The summed E-state index contributed by atoms with van der Waals surface area (Å²) >= 11 is 1.77. The number of carboxylic acids is 1. The molecule has 0 aliphatic heterocycles. The second kappa shape index (κ2) is 8.56. The predicted octanol–water partition coefficient (Wildman–Crippen LogP) is 2.98. The van der Waals surface area contributed by atoms with Crippen molar-refractivity contribution >= 4 is 23.8 Å². The quantitative estimate of drug-likeness (QED) is 0.760. The summed E-state index contributed by atoms with van der Waals surface area (Å²) in [7, 11) is 1.59. The number of hydrogen-bond acceptors (Lipinski definition) is 3. The molecular weight excluding hydrogens is 288 g/mol. The fraction of sp³-hybridized carbons (Fsp3) is 0.467. The molecule has 0 spiro atoms. The molecule has 1 rings (SSSR count). The molecule has 1 aromatic rings. The van der Waals surface area contributed by atoms with Crippen molar-refractivity contribution in [3.63, 3.8) is 0 Å². The van der Waals surface area contributed by atoms with Crippen molar-refractivity contribution in [1.82, 2.24) is 10.2 Å². The molecular formula is C15H22N2O3S. The summed E-state index contributed by atoms with van der Waals surface area (Å²) in [5.41, 5.74) is 1.02. The molecule has 21 heavy (non-hydrogen) atoms. The molecule has 6 heteroatoms. The minimum atomic E-state index is -0.910. The smallest absolute Gasteiger partial charge is 0.317 e. The van der Waals surface area contributed by atoms with E-state index in [2.05, 4.69) is 12.2 Å². The zero-order valence-corrected chi connectivity index (χ0v) is 13.4. The number of aliphatic carboxylic acids is 1. The lowest BCUT2D eigenvalue weighted by molar-refractivity contribution is -0.137. The highest BCUT2D eigenvalue weighted by molar-refractivity contribution is 7.99. The van der Waals surface area contributed by atoms with Crippen molar-refractivity contribution in [3.8, 4) is 0 Å². The Balaban J connectivity index is 2.53. The summed E-state index contributed by atoms with van der Waals surface area (Å²) in [4.78, 5) is 25.0. The Morgan fingerprint density at radius 3 is 2.48 bits per heavy atom. The van der Waals surface area contributed by atoms with Crippen LogP contribution in [0, 0.1) is 0 Å². The summed E-state index contributed by atoms with van der Waals surface area (Å²) in [6, 6.07) is 7.70. The van der Waals surface area contributed by atoms with Gasteiger partial charge >= 0.3 is 12.0 Å². The van der Waals surface area contributed by atoms with Crippen LogP contribution >= 0.6 is 11.8 Å². The fourth-order valence-electron chi connectivity index (χ4n) is 1.76. The number of thioether (sulfide) groups is 1. The molecule has 0 saturated carbocycles. The first-order valence-electron chi connectivity index (χ1n) is 6.90. The van der Waals surface area contributed by atoms with E-state index in [0.717, 1.165) is 11.3 Å². The number of urea groups is 1. The summed E-state index contributed by atoms with van der Waals surface area (Å²) < 4.78 is 0. The summed E-state index contributed by atoms with van der Waals surface area (Å²) in [6.45, 7) is 4.21. The van der Waals surface area contributed by atoms with Crippen molar-refractivity contribution in [2.75, 3.05) is 19.3 Å². The average molecular weight is 310 g/mol. The molecule has 0 aliphatic rings. The highest BCUT2D eigenvalue weighted by Crippen LogP contribution is 2.20. The number of rotatable bonds is 7. The number of hydrogen-bond donors (Lipinski definition) is 2. The van der Waals surface area contributed by atoms with E-state index in [1.54, 1.807) is 18.8 Å². The molecule has 116 valence electrons. The Labute approximate surface area is 129 Å². The number of nitrogens with zero attached hydrogens (tertiary/aromatic N) is 1. The second-order valence-electron chi connectivity index (χ2n) is 4.74. The molecule has 0 aromatic heterocycles. The summed E-state index contributed by atoms with van der Waals surface area (Å²) in [5, 5.41) is 11.5. The van der Waals surface area contributed by atoms with Crippen LogP contribution in [0.5, 0.6) is 0 Å². The summed E-state index contributed by atoms with van der Waals surface area (Å²) in [6.07, 6.45) is -0.0543. The van der Waals surface area contributed by atoms with E-state index in [1.807, 2.05) is 31.2 Å². The number of amides is 2. The zero-order chi connectivity index (χ0) is 15.8. The highest BCUT2D eigenvalue weighted by atomic mass is 32.2. The van der Waals surface area contributed by atoms with Gasteiger partial charge in [-0.3, -0.25) is 4.79 Å². The third-order valence-electron chi connectivity index (χ3n) is 3.04. The van der Waals surface area contributed by atoms with Crippen LogP contribution < -0.4 is 5.32 Å². The van der Waals surface area contributed by atoms with Crippen LogP contribution in [0.2, 0.25) is 0 Å². The predicted molar refractivity (Wildman–Crippen MR) is 84.7 cm³/mol. The Kier molecular flexibility index (Phi) is 7.08. The molecule has 1 aromatic carbocycles. The number of carbonyl (C=O) groups excluding carboxylic acids is 1. The van der Waals surface area contributed by atoms with E-state index >= 15 is 0 Å². The summed E-state index contributed by atoms with van der Waals surface area (Å²) in [5.74, 6) is 0.117. The molecule has 0 fully saturated rings. The Morgan fingerprint density at radius 1 is 1.33 bits per heavy atom. The van der Waals surface area contributed by atoms with Gasteiger partial charge in [-0.15, -0.1) is 11.8 Å². The molecule has 2 amide bonds. The van der Waals surface area contributed by atoms with Crippen LogP contribution in [0.25, 0.3) is 0 Å². The van der Waals surface area contributed by atoms with Crippen molar-refractivity contribution in [1.29, 1.82) is 0 Å². The van der Waals surface area contributed by atoms with Crippen LogP contribution in [0.15, 0.2) is 29.2 Å². The van der Waals surface area contributed by atoms with Gasteiger partial charge in [0.05, 0.1) is 12.5 Å². The first-order chi connectivity index (χ1) is 9.93. The van der Waals surface area contributed by atoms with Gasteiger partial charge in [0.1, 0.15) is 0 Å². The Morgan fingerprint density at radius 2 is 1.95 bits per heavy atom. The van der Waals surface area contributed by atoms with Gasteiger partial charge in [0, 0.05) is 18.5 Å². The minimum absolute atomic E-state index is 0.0543. The monoisotopic (exact) mass is 310 g/mol. The molecule has 0 radical (unpaired) electrons. The van der Waals surface area contributed by atoms with Gasteiger partial charge in [0.15, 0.2) is 0 Å². The van der Waals surface area contributed by atoms with Crippen LogP contribution in [0.4, 0.5) is 4.79 Å². The van der Waals surface area contributed by atoms with Gasteiger partial charge in [-0.25, -0.2) is 4.79 Å². The lowest BCUT2D eigenvalue weighted by atomic mass is 10.1. The molecule has 0 heterocycles. The van der Waals surface area contributed by atoms with Crippen molar-refractivity contribution < 1.29 is 14.7 Å². The van der Waals surface area contributed by atoms with Gasteiger partial charge in [0.25, 0.3) is 0 Å². The molecule has 0 aliphatic carbocycles. The van der Waals surface area contributed by atoms with Crippen LogP contribution in [-0.4, -0.2) is 41.4 Å². The normalized spacial score (nSPS) is 11.8. The zero-order valence-electron chi connectivity index (χ0n) is 12.6. The van der Waals surface area contributed by atoms with E-state index in [1.165, 1.54) is 9.80 Å². The maximum Gasteiger partial charge on any atom is 0.317 e. The van der Waals surface area contributed by atoms with E-state index in [0.29, 0.717) is 0 Å². The van der Waals surface area contributed by atoms with Crippen molar-refractivity contribution in [2.45, 2.75) is 31.2 Å². The van der Waals surface area contributed by atoms with Gasteiger partial charge in [-0.05, 0) is 30.4 Å². The maximum atomic E-state index is 11.9. The van der Waals surface area contributed by atoms with Crippen LogP contribution in [0.3, 0.4) is 0 Å². The number of benzene rings is 1. The first-order valence-corrected chi connectivity index (χ1v) is 7.88. The topological polar surface area (TPSA) is 69.6 Å². The van der Waals surface area contributed by atoms with Gasteiger partial charge in [-0.1, -0.05) is 19.1 Å². The third kappa shape index (κ3) is 6.08. The molecule has 0 saturated heterocycles. The molecule has 5 nitrogen and oxygen atoms in total. The number of nitrogens with one attached hydrogen (secondary N) is 1. The van der Waals surface area contributed by atoms with Gasteiger partial charge < -0.3 is 15.3 Å². The van der Waals surface area contributed by atoms with Crippen molar-refractivity contribution in [3.05, 3.63) is 29.8 Å². The lowest BCUT2D eigenvalue weighted by Gasteiger charge is -2.21. The SMILES string of the molecule is CCSc1ccc(C(C)NC(=O)N(C)CCC(=O)O)cc1. The van der Waals surface area contributed by atoms with E-state index in [4.69, 9.17) is 5.11 Å². The number of carboxylic acid groups (broad SMARTS) is 1. The molecule has 2 N–H and O–H groups in total. The largest absolute Gasteiger partial charge is 0.481 e. The third-order valence-corrected chi connectivity index (χ3v) is 3.93. The van der Waals surface area contributed by atoms with E-state index in [9.17, 15) is 9.59 Å². The van der Waals surface area contributed by atoms with Crippen molar-refractivity contribution in [2.24, 2.45) is 0 Å². The van der Waals surface area contributed by atoms with E-state index < -0.39 is 5.97 Å². The van der Waals surface area contributed by atoms with Crippen LogP contribution in [-0.2, 0) is 4.79 Å². The average Bonchev–Trinajstić information content (AvgIpc) is 2.45. The fourth-order valence-corrected chi connectivity index (χ4v) is 2.42. The second-order valence-corrected chi connectivity index (χ2v) is 6.08. The molecule has 0 bridgehead atoms. The Hall–Kier alpha value is -1.69.